The Hall–Kier alpha value is -3.82. The van der Waals surface area contributed by atoms with E-state index in [4.69, 9.17) is 4.98 Å². The van der Waals surface area contributed by atoms with E-state index >= 15 is 0 Å². The molecule has 2 aromatic heterocycles. The minimum atomic E-state index is -0.176. The van der Waals surface area contributed by atoms with E-state index in [1.807, 2.05) is 13.0 Å². The Balaban J connectivity index is 2.02. The van der Waals surface area contributed by atoms with Crippen molar-refractivity contribution in [3.05, 3.63) is 63.8 Å². The van der Waals surface area contributed by atoms with Crippen molar-refractivity contribution in [1.29, 1.82) is 10.5 Å². The molecule has 0 aliphatic rings. The van der Waals surface area contributed by atoms with Gasteiger partial charge in [-0.3, -0.25) is 4.57 Å². The maximum atomic E-state index is 9.86. The molecule has 0 amide bonds. The van der Waals surface area contributed by atoms with Gasteiger partial charge in [-0.05, 0) is 37.8 Å². The van der Waals surface area contributed by atoms with Crippen LogP contribution in [0.2, 0.25) is 0 Å². The summed E-state index contributed by atoms with van der Waals surface area (Å²) in [7, 11) is 0. The quantitative estimate of drug-likeness (QED) is 0.190. The summed E-state index contributed by atoms with van der Waals surface area (Å²) < 4.78 is 1.65. The van der Waals surface area contributed by atoms with Crippen LogP contribution in [0.4, 0.5) is 16.9 Å². The van der Waals surface area contributed by atoms with Crippen molar-refractivity contribution in [3.63, 3.8) is 0 Å². The Morgan fingerprint density at radius 1 is 1.05 bits per heavy atom. The van der Waals surface area contributed by atoms with Gasteiger partial charge in [-0.1, -0.05) is 82.4 Å². The molecule has 3 rings (SSSR count). The first-order chi connectivity index (χ1) is 18.6. The van der Waals surface area contributed by atoms with Crippen LogP contribution >= 0.6 is 11.3 Å². The summed E-state index contributed by atoms with van der Waals surface area (Å²) in [4.78, 5) is 12.3. The van der Waals surface area contributed by atoms with Crippen LogP contribution in [0.3, 0.4) is 0 Å². The van der Waals surface area contributed by atoms with Crippen LogP contribution < -0.4 is 4.90 Å². The average molecular weight is 543 g/mol. The van der Waals surface area contributed by atoms with E-state index in [-0.39, 0.29) is 22.8 Å². The number of imidazole rings is 1. The van der Waals surface area contributed by atoms with Crippen molar-refractivity contribution in [2.24, 2.45) is 16.1 Å². The van der Waals surface area contributed by atoms with E-state index in [1.165, 1.54) is 5.56 Å². The molecule has 0 aliphatic carbocycles. The van der Waals surface area contributed by atoms with Gasteiger partial charge in [0.25, 0.3) is 5.95 Å². The molecule has 8 nitrogen and oxygen atoms in total. The third-order valence-electron chi connectivity index (χ3n) is 6.53. The summed E-state index contributed by atoms with van der Waals surface area (Å²) in [5, 5.41) is 29.3. The summed E-state index contributed by atoms with van der Waals surface area (Å²) in [6.07, 6.45) is 4.30. The minimum absolute atomic E-state index is 0.0363. The number of hydrogen-bond acceptors (Lipinski definition) is 8. The second-order valence-corrected chi connectivity index (χ2v) is 11.7. The molecule has 3 aromatic rings. The molecule has 0 saturated carbocycles. The molecular weight excluding hydrogens is 504 g/mol. The van der Waals surface area contributed by atoms with Gasteiger partial charge < -0.3 is 4.90 Å². The monoisotopic (exact) mass is 542 g/mol. The fourth-order valence-electron chi connectivity index (χ4n) is 4.39. The second-order valence-electron chi connectivity index (χ2n) is 10.7. The van der Waals surface area contributed by atoms with Crippen LogP contribution in [-0.2, 0) is 12.0 Å². The highest BCUT2D eigenvalue weighted by atomic mass is 32.1. The lowest BCUT2D eigenvalue weighted by Gasteiger charge is -2.18. The first-order valence-electron chi connectivity index (χ1n) is 13.4. The van der Waals surface area contributed by atoms with Crippen molar-refractivity contribution in [1.82, 2.24) is 14.5 Å². The van der Waals surface area contributed by atoms with Crippen LogP contribution in [0.5, 0.6) is 0 Å². The third kappa shape index (κ3) is 6.79. The van der Waals surface area contributed by atoms with Gasteiger partial charge in [0.1, 0.15) is 12.1 Å². The van der Waals surface area contributed by atoms with E-state index in [1.54, 1.807) is 15.9 Å². The normalized spacial score (nSPS) is 12.8. The molecule has 9 heteroatoms. The smallest absolute Gasteiger partial charge is 0.252 e. The van der Waals surface area contributed by atoms with Crippen molar-refractivity contribution in [2.75, 3.05) is 18.0 Å². The Bertz CT molecular complexity index is 1400. The lowest BCUT2D eigenvalue weighted by molar-refractivity contribution is 0.577. The number of rotatable bonds is 10. The van der Waals surface area contributed by atoms with E-state index in [0.717, 1.165) is 28.7 Å². The molecule has 0 spiro atoms. The molecule has 1 atom stereocenters. The maximum absolute atomic E-state index is 9.86. The lowest BCUT2D eigenvalue weighted by atomic mass is 9.88. The van der Waals surface area contributed by atoms with Crippen molar-refractivity contribution in [2.45, 2.75) is 73.3 Å². The van der Waals surface area contributed by atoms with E-state index in [9.17, 15) is 10.5 Å². The number of benzene rings is 1. The third-order valence-corrected chi connectivity index (χ3v) is 8.06. The molecule has 0 bridgehead atoms. The van der Waals surface area contributed by atoms with Gasteiger partial charge in [0, 0.05) is 24.4 Å². The molecule has 0 aliphatic heterocycles. The Morgan fingerprint density at radius 2 is 1.72 bits per heavy atom. The van der Waals surface area contributed by atoms with E-state index < -0.39 is 0 Å². The van der Waals surface area contributed by atoms with Gasteiger partial charge in [-0.25, -0.2) is 0 Å². The number of allylic oxidation sites excluding steroid dienone is 2. The molecule has 2 heterocycles. The summed E-state index contributed by atoms with van der Waals surface area (Å²) in [6, 6.07) is 12.5. The van der Waals surface area contributed by atoms with E-state index in [2.05, 4.69) is 111 Å². The molecule has 39 heavy (non-hydrogen) atoms. The molecule has 204 valence electrons. The van der Waals surface area contributed by atoms with Gasteiger partial charge in [0.05, 0.1) is 11.4 Å². The molecule has 1 unspecified atom stereocenters. The number of nitriles is 2. The van der Waals surface area contributed by atoms with Crippen molar-refractivity contribution in [3.8, 4) is 12.1 Å². The number of nitrogens with zero attached hydrogens (tertiary/aromatic N) is 8. The van der Waals surface area contributed by atoms with Crippen molar-refractivity contribution >= 4 is 28.2 Å². The molecule has 0 radical (unpaired) electrons. The van der Waals surface area contributed by atoms with Crippen LogP contribution in [0.15, 0.2) is 46.6 Å². The molecule has 1 aromatic carbocycles. The number of anilines is 1. The number of azo groups is 1. The zero-order valence-electron chi connectivity index (χ0n) is 24.2. The fourth-order valence-corrected chi connectivity index (χ4v) is 5.58. The number of aromatic nitrogens is 3. The minimum Gasteiger partial charge on any atom is -0.349 e. The average Bonchev–Trinajstić information content (AvgIpc) is 3.48. The molecule has 0 saturated heterocycles. The van der Waals surface area contributed by atoms with Gasteiger partial charge in [0.15, 0.2) is 22.3 Å². The lowest BCUT2D eigenvalue weighted by Crippen LogP contribution is -2.21. The van der Waals surface area contributed by atoms with Crippen LogP contribution in [-0.4, -0.2) is 27.6 Å². The second kappa shape index (κ2) is 12.8. The van der Waals surface area contributed by atoms with Crippen molar-refractivity contribution < 1.29 is 0 Å². The highest BCUT2D eigenvalue weighted by Gasteiger charge is 2.25. The largest absolute Gasteiger partial charge is 0.349 e. The Morgan fingerprint density at radius 3 is 2.23 bits per heavy atom. The first kappa shape index (κ1) is 29.7. The SMILES string of the molecule is C/C=C\C(c1ccc(Cn2c(N=Nc3nc(N(CC)CC)sc3C(C)(C)C)nc(C#N)c2C#N)cc1)C(C)C. The number of hydrogen-bond donors (Lipinski definition) is 0. The van der Waals surface area contributed by atoms with Crippen LogP contribution in [0.1, 0.15) is 88.7 Å². The summed E-state index contributed by atoms with van der Waals surface area (Å²) >= 11 is 1.62. The Kier molecular flexibility index (Phi) is 9.77. The zero-order chi connectivity index (χ0) is 28.7. The highest BCUT2D eigenvalue weighted by molar-refractivity contribution is 7.16. The van der Waals surface area contributed by atoms with Gasteiger partial charge in [0.2, 0.25) is 0 Å². The molecular formula is C30H38N8S. The van der Waals surface area contributed by atoms with Crippen LogP contribution in [0, 0.1) is 28.6 Å². The van der Waals surface area contributed by atoms with Gasteiger partial charge in [-0.15, -0.1) is 10.2 Å². The van der Waals surface area contributed by atoms with Gasteiger partial charge in [-0.2, -0.15) is 20.5 Å². The maximum Gasteiger partial charge on any atom is 0.252 e. The Labute approximate surface area is 236 Å². The number of thiazole rings is 1. The first-order valence-corrected chi connectivity index (χ1v) is 14.2. The summed E-state index contributed by atoms with van der Waals surface area (Å²) in [5.41, 5.74) is 2.24. The standard InChI is InChI=1S/C30H38N8S/c1-9-12-23(20(4)5)22-15-13-21(14-16-22)19-38-25(18-32)24(17-31)33-28(38)36-35-27-26(30(6,7)8)39-29(34-27)37(10-2)11-3/h9,12-16,20,23H,10-11,19H2,1-8H3/b12-9-,36-35?. The summed E-state index contributed by atoms with van der Waals surface area (Å²) in [6.45, 7) is 19.1. The van der Waals surface area contributed by atoms with E-state index in [0.29, 0.717) is 24.2 Å². The predicted molar refractivity (Wildman–Crippen MR) is 158 cm³/mol. The summed E-state index contributed by atoms with van der Waals surface area (Å²) in [5.74, 6) is 1.55. The molecule has 0 N–H and O–H groups in total. The molecule has 0 fully saturated rings. The fraction of sp³-hybridized carbons (Fsp3) is 0.467. The highest BCUT2D eigenvalue weighted by Crippen LogP contribution is 2.40. The predicted octanol–water partition coefficient (Wildman–Crippen LogP) is 8.01. The topological polar surface area (TPSA) is 106 Å². The van der Waals surface area contributed by atoms with Gasteiger partial charge >= 0.3 is 0 Å². The zero-order valence-corrected chi connectivity index (χ0v) is 25.0. The van der Waals surface area contributed by atoms with Crippen LogP contribution in [0.25, 0.3) is 0 Å².